The summed E-state index contributed by atoms with van der Waals surface area (Å²) in [5, 5.41) is 3.16. The molecule has 1 aliphatic rings. The molecule has 15 heavy (non-hydrogen) atoms. The topological polar surface area (TPSA) is 21.3 Å². The van der Waals surface area contributed by atoms with Crippen LogP contribution in [0.5, 0.6) is 0 Å². The van der Waals surface area contributed by atoms with E-state index in [9.17, 15) is 4.39 Å². The van der Waals surface area contributed by atoms with Gasteiger partial charge in [0.2, 0.25) is 0 Å². The zero-order valence-corrected chi connectivity index (χ0v) is 9.41. The minimum absolute atomic E-state index is 0.0350. The molecular weight excluding hydrogens is 240 g/mol. The second-order valence-corrected chi connectivity index (χ2v) is 4.28. The van der Waals surface area contributed by atoms with E-state index in [0.717, 1.165) is 18.7 Å². The molecule has 82 valence electrons. The Morgan fingerprint density at radius 1 is 1.33 bits per heavy atom. The van der Waals surface area contributed by atoms with E-state index in [1.807, 2.05) is 0 Å². The lowest BCUT2D eigenvalue weighted by molar-refractivity contribution is 0.00757. The first-order chi connectivity index (χ1) is 7.16. The van der Waals surface area contributed by atoms with E-state index in [4.69, 9.17) is 27.9 Å². The van der Waals surface area contributed by atoms with Crippen molar-refractivity contribution >= 4 is 23.2 Å². The zero-order valence-electron chi connectivity index (χ0n) is 7.90. The number of rotatable bonds is 3. The molecule has 0 amide bonds. The van der Waals surface area contributed by atoms with Crippen LogP contribution >= 0.6 is 23.2 Å². The number of hydrogen-bond donors (Lipinski definition) is 1. The smallest absolute Gasteiger partial charge is 0.160 e. The molecule has 1 heterocycles. The highest BCUT2D eigenvalue weighted by Crippen LogP contribution is 2.25. The van der Waals surface area contributed by atoms with Crippen LogP contribution < -0.4 is 5.32 Å². The Balaban J connectivity index is 2.01. The Hall–Kier alpha value is -0.350. The van der Waals surface area contributed by atoms with Gasteiger partial charge in [-0.3, -0.25) is 0 Å². The second kappa shape index (κ2) is 4.66. The highest BCUT2D eigenvalue weighted by atomic mass is 35.5. The van der Waals surface area contributed by atoms with E-state index in [1.165, 1.54) is 12.1 Å². The van der Waals surface area contributed by atoms with Gasteiger partial charge in [-0.1, -0.05) is 23.2 Å². The molecule has 1 aromatic carbocycles. The minimum atomic E-state index is -0.576. The van der Waals surface area contributed by atoms with Gasteiger partial charge in [0.05, 0.1) is 22.8 Å². The van der Waals surface area contributed by atoms with Gasteiger partial charge in [0.15, 0.2) is 5.82 Å². The number of ether oxygens (including phenoxy) is 1. The van der Waals surface area contributed by atoms with E-state index >= 15 is 0 Å². The third kappa shape index (κ3) is 2.61. The zero-order chi connectivity index (χ0) is 10.8. The summed E-state index contributed by atoms with van der Waals surface area (Å²) in [6.07, 6.45) is 0.243. The lowest BCUT2D eigenvalue weighted by Crippen LogP contribution is -2.48. The van der Waals surface area contributed by atoms with Crippen molar-refractivity contribution in [3.8, 4) is 0 Å². The first-order valence-electron chi connectivity index (χ1n) is 4.62. The molecule has 0 aromatic heterocycles. The van der Waals surface area contributed by atoms with E-state index in [1.54, 1.807) is 0 Å². The van der Waals surface area contributed by atoms with E-state index in [2.05, 4.69) is 5.32 Å². The molecule has 1 fully saturated rings. The average molecular weight is 250 g/mol. The number of nitrogens with one attached hydrogen (secondary N) is 1. The van der Waals surface area contributed by atoms with Gasteiger partial charge in [-0.25, -0.2) is 4.39 Å². The van der Waals surface area contributed by atoms with Crippen molar-refractivity contribution in [2.24, 2.45) is 0 Å². The molecule has 5 heteroatoms. The Kier molecular flexibility index (Phi) is 3.46. The molecule has 1 aliphatic heterocycles. The van der Waals surface area contributed by atoms with Crippen molar-refractivity contribution in [3.63, 3.8) is 0 Å². The normalized spacial score (nSPS) is 16.5. The van der Waals surface area contributed by atoms with E-state index < -0.39 is 5.82 Å². The Morgan fingerprint density at radius 3 is 2.40 bits per heavy atom. The van der Waals surface area contributed by atoms with Crippen LogP contribution in [0.1, 0.15) is 5.56 Å². The largest absolute Gasteiger partial charge is 0.371 e. The predicted molar refractivity (Wildman–Crippen MR) is 57.9 cm³/mol. The third-order valence-electron chi connectivity index (χ3n) is 2.27. The van der Waals surface area contributed by atoms with Gasteiger partial charge in [0.1, 0.15) is 0 Å². The maximum Gasteiger partial charge on any atom is 0.160 e. The fourth-order valence-electron chi connectivity index (χ4n) is 1.29. The highest BCUT2D eigenvalue weighted by molar-refractivity contribution is 6.34. The van der Waals surface area contributed by atoms with Crippen LogP contribution in [0.2, 0.25) is 10.0 Å². The van der Waals surface area contributed by atoms with Gasteiger partial charge >= 0.3 is 0 Å². The summed E-state index contributed by atoms with van der Waals surface area (Å²) in [7, 11) is 0. The van der Waals surface area contributed by atoms with Crippen molar-refractivity contribution in [1.29, 1.82) is 0 Å². The summed E-state index contributed by atoms with van der Waals surface area (Å²) in [5.41, 5.74) is 0.790. The lowest BCUT2D eigenvalue weighted by atomic mass is 10.2. The van der Waals surface area contributed by atoms with Crippen LogP contribution in [0.25, 0.3) is 0 Å². The minimum Gasteiger partial charge on any atom is -0.371 e. The van der Waals surface area contributed by atoms with Crippen LogP contribution in [0.15, 0.2) is 12.1 Å². The summed E-state index contributed by atoms with van der Waals surface area (Å²) in [4.78, 5) is 0. The first-order valence-corrected chi connectivity index (χ1v) is 5.38. The fraction of sp³-hybridized carbons (Fsp3) is 0.400. The van der Waals surface area contributed by atoms with Crippen molar-refractivity contribution in [2.75, 3.05) is 13.1 Å². The maximum absolute atomic E-state index is 13.1. The summed E-state index contributed by atoms with van der Waals surface area (Å²) >= 11 is 11.3. The molecule has 0 spiro atoms. The molecule has 1 saturated heterocycles. The maximum atomic E-state index is 13.1. The van der Waals surface area contributed by atoms with Crippen molar-refractivity contribution in [2.45, 2.75) is 12.7 Å². The predicted octanol–water partition coefficient (Wildman–Crippen LogP) is 2.62. The Labute approximate surface area is 97.3 Å². The third-order valence-corrected chi connectivity index (χ3v) is 2.82. The molecule has 1 N–H and O–H groups in total. The van der Waals surface area contributed by atoms with Gasteiger partial charge in [0, 0.05) is 13.1 Å². The van der Waals surface area contributed by atoms with Gasteiger partial charge in [0.25, 0.3) is 0 Å². The molecule has 0 atom stereocenters. The SMILES string of the molecule is Fc1c(Cl)cc(COC2CNC2)cc1Cl. The Morgan fingerprint density at radius 2 is 1.93 bits per heavy atom. The van der Waals surface area contributed by atoms with Gasteiger partial charge < -0.3 is 10.1 Å². The summed E-state index contributed by atoms with van der Waals surface area (Å²) in [6.45, 7) is 2.14. The van der Waals surface area contributed by atoms with E-state index in [-0.39, 0.29) is 16.1 Å². The molecule has 0 aliphatic carbocycles. The number of benzene rings is 1. The summed E-state index contributed by atoms with van der Waals surface area (Å²) in [6, 6.07) is 3.07. The summed E-state index contributed by atoms with van der Waals surface area (Å²) < 4.78 is 18.6. The first kappa shape index (κ1) is 11.1. The van der Waals surface area contributed by atoms with Crippen LogP contribution in [0, 0.1) is 5.82 Å². The van der Waals surface area contributed by atoms with Crippen LogP contribution in [-0.2, 0) is 11.3 Å². The van der Waals surface area contributed by atoms with Gasteiger partial charge in [-0.2, -0.15) is 0 Å². The molecule has 0 saturated carbocycles. The van der Waals surface area contributed by atoms with Crippen molar-refractivity contribution in [1.82, 2.24) is 5.32 Å². The fourth-order valence-corrected chi connectivity index (χ4v) is 1.82. The monoisotopic (exact) mass is 249 g/mol. The summed E-state index contributed by atoms with van der Waals surface area (Å²) in [5.74, 6) is -0.576. The van der Waals surface area contributed by atoms with Crippen LogP contribution in [-0.4, -0.2) is 19.2 Å². The molecule has 1 aromatic rings. The Bertz CT molecular complexity index is 345. The lowest BCUT2D eigenvalue weighted by Gasteiger charge is -2.27. The number of hydrogen-bond acceptors (Lipinski definition) is 2. The van der Waals surface area contributed by atoms with E-state index in [0.29, 0.717) is 6.61 Å². The van der Waals surface area contributed by atoms with Gasteiger partial charge in [-0.05, 0) is 17.7 Å². The number of halogens is 3. The standard InChI is InChI=1S/C10H10Cl2FNO/c11-8-1-6(2-9(12)10(8)13)5-15-7-3-14-4-7/h1-2,7,14H,3-5H2. The molecule has 2 nitrogen and oxygen atoms in total. The average Bonchev–Trinajstić information content (AvgIpc) is 2.11. The van der Waals surface area contributed by atoms with Gasteiger partial charge in [-0.15, -0.1) is 0 Å². The van der Waals surface area contributed by atoms with Crippen molar-refractivity contribution < 1.29 is 9.13 Å². The molecule has 0 radical (unpaired) electrons. The van der Waals surface area contributed by atoms with Crippen LogP contribution in [0.3, 0.4) is 0 Å². The van der Waals surface area contributed by atoms with Crippen LogP contribution in [0.4, 0.5) is 4.39 Å². The molecule has 0 unspecified atom stereocenters. The van der Waals surface area contributed by atoms with Crippen molar-refractivity contribution in [3.05, 3.63) is 33.6 Å². The quantitative estimate of drug-likeness (QED) is 0.832. The highest BCUT2D eigenvalue weighted by Gasteiger charge is 2.17. The molecular formula is C10H10Cl2FNO. The molecule has 2 rings (SSSR count). The molecule has 0 bridgehead atoms. The second-order valence-electron chi connectivity index (χ2n) is 3.46.